The summed E-state index contributed by atoms with van der Waals surface area (Å²) >= 11 is 0. The van der Waals surface area contributed by atoms with Crippen LogP contribution in [0.15, 0.2) is 35.3 Å². The number of nitrogens with zero attached hydrogens (tertiary/aromatic N) is 3. The normalized spacial score (nSPS) is 23.7. The molecule has 0 bridgehead atoms. The Bertz CT molecular complexity index is 746. The van der Waals surface area contributed by atoms with Crippen molar-refractivity contribution in [3.8, 4) is 0 Å². The fourth-order valence-corrected chi connectivity index (χ4v) is 3.77. The first kappa shape index (κ1) is 16.7. The van der Waals surface area contributed by atoms with E-state index in [1.807, 2.05) is 18.2 Å². The zero-order valence-electron chi connectivity index (χ0n) is 14.5. The number of aromatic nitrogens is 2. The summed E-state index contributed by atoms with van der Waals surface area (Å²) in [6.07, 6.45) is 6.80. The lowest BCUT2D eigenvalue weighted by atomic mass is 10.2. The first-order valence-corrected chi connectivity index (χ1v) is 9.21. The van der Waals surface area contributed by atoms with Gasteiger partial charge in [-0.15, -0.1) is 0 Å². The number of hydrogen-bond acceptors (Lipinski definition) is 5. The van der Waals surface area contributed by atoms with Gasteiger partial charge in [0.1, 0.15) is 5.65 Å². The van der Waals surface area contributed by atoms with Crippen LogP contribution in [0.4, 0.5) is 0 Å². The van der Waals surface area contributed by atoms with Gasteiger partial charge in [0.05, 0.1) is 17.9 Å². The van der Waals surface area contributed by atoms with E-state index >= 15 is 0 Å². The summed E-state index contributed by atoms with van der Waals surface area (Å²) in [5, 5.41) is 0. The minimum absolute atomic E-state index is 0.0326. The highest BCUT2D eigenvalue weighted by atomic mass is 16.5. The van der Waals surface area contributed by atoms with E-state index in [0.717, 1.165) is 57.7 Å². The minimum Gasteiger partial charge on any atom is -0.377 e. The largest absolute Gasteiger partial charge is 0.377 e. The maximum Gasteiger partial charge on any atom is 0.258 e. The minimum atomic E-state index is -0.0326. The third kappa shape index (κ3) is 4.08. The van der Waals surface area contributed by atoms with E-state index in [1.54, 1.807) is 16.7 Å². The molecule has 2 aromatic rings. The van der Waals surface area contributed by atoms with E-state index in [4.69, 9.17) is 9.47 Å². The number of ether oxygens (including phenoxy) is 2. The summed E-state index contributed by atoms with van der Waals surface area (Å²) in [5.74, 6) is 0. The molecule has 2 aliphatic heterocycles. The van der Waals surface area contributed by atoms with Crippen LogP contribution in [0.5, 0.6) is 0 Å². The first-order valence-electron chi connectivity index (χ1n) is 9.21. The standard InChI is InChI=1S/C19H25N3O3/c23-19-11-15(20-18-7-1-2-8-22(18)19)12-21(13-16-5-3-9-24-16)14-17-6-4-10-25-17/h1-2,7-8,11,16-17H,3-6,9-10,12-14H2/t16-,17+. The van der Waals surface area contributed by atoms with Gasteiger partial charge in [0.25, 0.3) is 5.56 Å². The fraction of sp³-hybridized carbons (Fsp3) is 0.579. The lowest BCUT2D eigenvalue weighted by Crippen LogP contribution is -2.37. The van der Waals surface area contributed by atoms with Gasteiger partial charge in [0.15, 0.2) is 0 Å². The van der Waals surface area contributed by atoms with Gasteiger partial charge >= 0.3 is 0 Å². The van der Waals surface area contributed by atoms with Crippen molar-refractivity contribution in [2.24, 2.45) is 0 Å². The molecule has 2 aromatic heterocycles. The van der Waals surface area contributed by atoms with Gasteiger partial charge in [-0.3, -0.25) is 14.1 Å². The average Bonchev–Trinajstić information content (AvgIpc) is 3.29. The van der Waals surface area contributed by atoms with E-state index in [-0.39, 0.29) is 17.8 Å². The van der Waals surface area contributed by atoms with Crippen LogP contribution in [0.25, 0.3) is 5.65 Å². The summed E-state index contributed by atoms with van der Waals surface area (Å²) in [6, 6.07) is 7.26. The Morgan fingerprint density at radius 3 is 2.48 bits per heavy atom. The fourth-order valence-electron chi connectivity index (χ4n) is 3.77. The predicted octanol–water partition coefficient (Wildman–Crippen LogP) is 1.85. The van der Waals surface area contributed by atoms with Crippen molar-refractivity contribution in [3.63, 3.8) is 0 Å². The smallest absolute Gasteiger partial charge is 0.258 e. The maximum atomic E-state index is 12.3. The molecule has 0 aliphatic carbocycles. The van der Waals surface area contributed by atoms with E-state index in [0.29, 0.717) is 12.2 Å². The second-order valence-electron chi connectivity index (χ2n) is 6.98. The molecule has 25 heavy (non-hydrogen) atoms. The highest BCUT2D eigenvalue weighted by Gasteiger charge is 2.24. The van der Waals surface area contributed by atoms with Crippen molar-refractivity contribution in [2.75, 3.05) is 26.3 Å². The Kier molecular flexibility index (Phi) is 5.10. The summed E-state index contributed by atoms with van der Waals surface area (Å²) in [4.78, 5) is 19.3. The monoisotopic (exact) mass is 343 g/mol. The van der Waals surface area contributed by atoms with E-state index in [2.05, 4.69) is 9.88 Å². The second-order valence-corrected chi connectivity index (χ2v) is 6.98. The molecule has 0 amide bonds. The summed E-state index contributed by atoms with van der Waals surface area (Å²) < 4.78 is 13.2. The molecule has 0 unspecified atom stereocenters. The van der Waals surface area contributed by atoms with Gasteiger partial charge in [-0.1, -0.05) is 6.07 Å². The Balaban J connectivity index is 1.52. The molecule has 0 saturated carbocycles. The van der Waals surface area contributed by atoms with Crippen molar-refractivity contribution >= 4 is 5.65 Å². The highest BCUT2D eigenvalue weighted by molar-refractivity contribution is 5.37. The predicted molar refractivity (Wildman–Crippen MR) is 94.7 cm³/mol. The molecule has 0 spiro atoms. The van der Waals surface area contributed by atoms with Crippen molar-refractivity contribution in [1.29, 1.82) is 0 Å². The molecule has 0 aromatic carbocycles. The Labute approximate surface area is 147 Å². The van der Waals surface area contributed by atoms with Gasteiger partial charge < -0.3 is 9.47 Å². The first-order chi connectivity index (χ1) is 12.3. The molecule has 4 rings (SSSR count). The lowest BCUT2D eigenvalue weighted by Gasteiger charge is -2.27. The van der Waals surface area contributed by atoms with Gasteiger partial charge in [0.2, 0.25) is 0 Å². The van der Waals surface area contributed by atoms with Crippen LogP contribution in [0.1, 0.15) is 31.4 Å². The van der Waals surface area contributed by atoms with Crippen molar-refractivity contribution < 1.29 is 9.47 Å². The summed E-state index contributed by atoms with van der Waals surface area (Å²) in [6.45, 7) is 4.10. The topological polar surface area (TPSA) is 56.1 Å². The second kappa shape index (κ2) is 7.64. The van der Waals surface area contributed by atoms with Crippen LogP contribution in [-0.2, 0) is 16.0 Å². The van der Waals surface area contributed by atoms with Crippen LogP contribution >= 0.6 is 0 Å². The molecule has 0 N–H and O–H groups in total. The third-order valence-corrected chi connectivity index (χ3v) is 4.98. The van der Waals surface area contributed by atoms with Crippen LogP contribution in [0.3, 0.4) is 0 Å². The Morgan fingerprint density at radius 2 is 1.84 bits per heavy atom. The van der Waals surface area contributed by atoms with Crippen molar-refractivity contribution in [1.82, 2.24) is 14.3 Å². The number of hydrogen-bond donors (Lipinski definition) is 0. The van der Waals surface area contributed by atoms with Crippen LogP contribution < -0.4 is 5.56 Å². The SMILES string of the molecule is O=c1cc(CN(C[C@H]2CCCO2)C[C@@H]2CCCO2)nc2ccccn12. The highest BCUT2D eigenvalue weighted by Crippen LogP contribution is 2.18. The average molecular weight is 343 g/mol. The molecule has 134 valence electrons. The molecule has 6 nitrogen and oxygen atoms in total. The Hall–Kier alpha value is -1.76. The van der Waals surface area contributed by atoms with Crippen LogP contribution in [-0.4, -0.2) is 52.8 Å². The third-order valence-electron chi connectivity index (χ3n) is 4.98. The van der Waals surface area contributed by atoms with Crippen molar-refractivity contribution in [3.05, 3.63) is 46.5 Å². The van der Waals surface area contributed by atoms with Gasteiger partial charge in [-0.2, -0.15) is 0 Å². The zero-order chi connectivity index (χ0) is 17.1. The molecule has 2 aliphatic rings. The van der Waals surface area contributed by atoms with E-state index in [9.17, 15) is 4.79 Å². The van der Waals surface area contributed by atoms with E-state index in [1.165, 1.54) is 0 Å². The lowest BCUT2D eigenvalue weighted by molar-refractivity contribution is 0.0341. The molecule has 2 atom stereocenters. The molecule has 2 fully saturated rings. The maximum absolute atomic E-state index is 12.3. The molecule has 0 radical (unpaired) electrons. The molecule has 2 saturated heterocycles. The number of fused-ring (bicyclic) bond motifs is 1. The quantitative estimate of drug-likeness (QED) is 0.801. The Morgan fingerprint density at radius 1 is 1.12 bits per heavy atom. The number of pyridine rings is 1. The van der Waals surface area contributed by atoms with Gasteiger partial charge in [-0.05, 0) is 37.8 Å². The number of rotatable bonds is 6. The van der Waals surface area contributed by atoms with Crippen molar-refractivity contribution in [2.45, 2.75) is 44.4 Å². The van der Waals surface area contributed by atoms with Gasteiger partial charge in [-0.25, -0.2) is 4.98 Å². The molecular weight excluding hydrogens is 318 g/mol. The summed E-state index contributed by atoms with van der Waals surface area (Å²) in [7, 11) is 0. The summed E-state index contributed by atoms with van der Waals surface area (Å²) in [5.41, 5.74) is 1.47. The van der Waals surface area contributed by atoms with Gasteiger partial charge in [0, 0.05) is 45.1 Å². The molecular formula is C19H25N3O3. The molecule has 6 heteroatoms. The zero-order valence-corrected chi connectivity index (χ0v) is 14.5. The van der Waals surface area contributed by atoms with Crippen LogP contribution in [0, 0.1) is 0 Å². The van der Waals surface area contributed by atoms with Crippen LogP contribution in [0.2, 0.25) is 0 Å². The molecule has 4 heterocycles. The van der Waals surface area contributed by atoms with E-state index < -0.39 is 0 Å².